The van der Waals surface area contributed by atoms with E-state index in [2.05, 4.69) is 80.3 Å². The molecule has 36 heavy (non-hydrogen) atoms. The van der Waals surface area contributed by atoms with E-state index in [1.165, 1.54) is 45.9 Å². The molecule has 2 fully saturated rings. The van der Waals surface area contributed by atoms with Crippen molar-refractivity contribution in [2.24, 2.45) is 11.3 Å². The number of hydrogen-bond acceptors (Lipinski definition) is 4. The SMILES string of the molecule is CC1CCN(c2cc(-c3cccc4ccccc34)c3c(c2C#N)CCC2(C3)OCC(C)(C)CO2)CC1. The molecule has 0 unspecified atom stereocenters. The van der Waals surface area contributed by atoms with Gasteiger partial charge in [-0.2, -0.15) is 5.26 Å². The summed E-state index contributed by atoms with van der Waals surface area (Å²) in [6.45, 7) is 10.1. The predicted molar refractivity (Wildman–Crippen MR) is 145 cm³/mol. The zero-order chi connectivity index (χ0) is 24.9. The van der Waals surface area contributed by atoms with Crippen LogP contribution in [0.3, 0.4) is 0 Å². The van der Waals surface area contributed by atoms with Crippen molar-refractivity contribution >= 4 is 16.5 Å². The molecule has 4 nitrogen and oxygen atoms in total. The zero-order valence-corrected chi connectivity index (χ0v) is 21.8. The number of ether oxygens (including phenoxy) is 2. The number of anilines is 1. The van der Waals surface area contributed by atoms with E-state index in [0.29, 0.717) is 19.6 Å². The third kappa shape index (κ3) is 4.09. The molecule has 0 bridgehead atoms. The molecular formula is C32H36N2O2. The molecule has 1 aliphatic carbocycles. The quantitative estimate of drug-likeness (QED) is 0.401. The van der Waals surface area contributed by atoms with E-state index in [4.69, 9.17) is 9.47 Å². The first-order valence-corrected chi connectivity index (χ1v) is 13.5. The van der Waals surface area contributed by atoms with E-state index in [9.17, 15) is 5.26 Å². The van der Waals surface area contributed by atoms with Crippen LogP contribution in [0.4, 0.5) is 5.69 Å². The lowest BCUT2D eigenvalue weighted by Gasteiger charge is -2.46. The number of benzene rings is 3. The maximum absolute atomic E-state index is 10.4. The Morgan fingerprint density at radius 2 is 1.67 bits per heavy atom. The van der Waals surface area contributed by atoms with E-state index in [-0.39, 0.29) is 5.41 Å². The van der Waals surface area contributed by atoms with Crippen LogP contribution in [0.25, 0.3) is 21.9 Å². The molecule has 0 atom stereocenters. The van der Waals surface area contributed by atoms with Crippen molar-refractivity contribution in [1.82, 2.24) is 0 Å². The van der Waals surface area contributed by atoms with Crippen LogP contribution in [-0.4, -0.2) is 32.1 Å². The Labute approximate surface area is 214 Å². The summed E-state index contributed by atoms with van der Waals surface area (Å²) in [6, 6.07) is 20.1. The molecule has 0 saturated carbocycles. The summed E-state index contributed by atoms with van der Waals surface area (Å²) in [5.74, 6) is 0.142. The first kappa shape index (κ1) is 23.5. The second-order valence-corrected chi connectivity index (χ2v) is 11.9. The van der Waals surface area contributed by atoms with Gasteiger partial charge in [-0.3, -0.25) is 0 Å². The van der Waals surface area contributed by atoms with Crippen LogP contribution in [0.5, 0.6) is 0 Å². The largest absolute Gasteiger partial charge is 0.370 e. The highest BCUT2D eigenvalue weighted by atomic mass is 16.7. The van der Waals surface area contributed by atoms with Crippen LogP contribution in [-0.2, 0) is 22.3 Å². The van der Waals surface area contributed by atoms with Crippen LogP contribution < -0.4 is 4.90 Å². The fourth-order valence-corrected chi connectivity index (χ4v) is 6.22. The lowest BCUT2D eigenvalue weighted by atomic mass is 9.78. The average Bonchev–Trinajstić information content (AvgIpc) is 2.90. The molecule has 0 N–H and O–H groups in total. The fourth-order valence-electron chi connectivity index (χ4n) is 6.22. The molecule has 3 aliphatic rings. The molecule has 4 heteroatoms. The van der Waals surface area contributed by atoms with Crippen molar-refractivity contribution in [2.75, 3.05) is 31.2 Å². The summed E-state index contributed by atoms with van der Waals surface area (Å²) in [4.78, 5) is 2.45. The summed E-state index contributed by atoms with van der Waals surface area (Å²) in [5, 5.41) is 12.9. The van der Waals surface area contributed by atoms with Gasteiger partial charge in [0.05, 0.1) is 24.5 Å². The van der Waals surface area contributed by atoms with Gasteiger partial charge >= 0.3 is 0 Å². The Morgan fingerprint density at radius 1 is 0.944 bits per heavy atom. The van der Waals surface area contributed by atoms with Crippen LogP contribution in [0.1, 0.15) is 56.7 Å². The molecule has 2 heterocycles. The molecule has 1 spiro atoms. The smallest absolute Gasteiger partial charge is 0.172 e. The van der Waals surface area contributed by atoms with Crippen molar-refractivity contribution < 1.29 is 9.47 Å². The Morgan fingerprint density at radius 3 is 2.42 bits per heavy atom. The third-order valence-electron chi connectivity index (χ3n) is 8.50. The van der Waals surface area contributed by atoms with Gasteiger partial charge in [-0.05, 0) is 64.3 Å². The molecule has 2 aliphatic heterocycles. The third-order valence-corrected chi connectivity index (χ3v) is 8.50. The molecule has 0 aromatic heterocycles. The van der Waals surface area contributed by atoms with Crippen molar-refractivity contribution in [3.05, 3.63) is 65.2 Å². The fraction of sp³-hybridized carbons (Fsp3) is 0.469. The highest BCUT2D eigenvalue weighted by Gasteiger charge is 2.44. The van der Waals surface area contributed by atoms with Crippen molar-refractivity contribution in [2.45, 2.75) is 58.7 Å². The Hall–Kier alpha value is -2.87. The summed E-state index contributed by atoms with van der Waals surface area (Å²) >= 11 is 0. The predicted octanol–water partition coefficient (Wildman–Crippen LogP) is 6.87. The minimum Gasteiger partial charge on any atom is -0.370 e. The topological polar surface area (TPSA) is 45.5 Å². The Balaban J connectivity index is 1.53. The number of hydrogen-bond donors (Lipinski definition) is 0. The molecule has 0 radical (unpaired) electrons. The summed E-state index contributed by atoms with van der Waals surface area (Å²) in [6.07, 6.45) is 4.62. The highest BCUT2D eigenvalue weighted by molar-refractivity contribution is 5.98. The van der Waals surface area contributed by atoms with Gasteiger partial charge in [0.25, 0.3) is 0 Å². The number of nitrogens with zero attached hydrogens (tertiary/aromatic N) is 2. The maximum Gasteiger partial charge on any atom is 0.172 e. The Kier molecular flexibility index (Phi) is 5.82. The number of nitriles is 1. The standard InChI is InChI=1S/C32H36N2O2/c1-22-12-15-34(16-13-22)30-17-27(25-10-6-8-23-7-4-5-9-24(23)25)28-18-32(14-11-26(28)29(30)19-33)35-20-31(2,3)21-36-32/h4-10,17,22H,11-16,18,20-21H2,1-3H3. The summed E-state index contributed by atoms with van der Waals surface area (Å²) in [7, 11) is 0. The molecule has 6 rings (SSSR count). The maximum atomic E-state index is 10.4. The minimum absolute atomic E-state index is 0.0249. The first-order chi connectivity index (χ1) is 17.4. The molecule has 0 amide bonds. The van der Waals surface area contributed by atoms with Gasteiger partial charge in [0.2, 0.25) is 0 Å². The second kappa shape index (κ2) is 8.91. The van der Waals surface area contributed by atoms with E-state index < -0.39 is 5.79 Å². The molecular weight excluding hydrogens is 444 g/mol. The van der Waals surface area contributed by atoms with Gasteiger partial charge in [-0.1, -0.05) is 63.2 Å². The van der Waals surface area contributed by atoms with Crippen molar-refractivity contribution in [1.29, 1.82) is 5.26 Å². The van der Waals surface area contributed by atoms with E-state index >= 15 is 0 Å². The van der Waals surface area contributed by atoms with Crippen LogP contribution in [0.15, 0.2) is 48.5 Å². The highest BCUT2D eigenvalue weighted by Crippen LogP contribution is 2.46. The summed E-state index contributed by atoms with van der Waals surface area (Å²) < 4.78 is 12.9. The van der Waals surface area contributed by atoms with Gasteiger partial charge in [0, 0.05) is 31.3 Å². The van der Waals surface area contributed by atoms with Gasteiger partial charge < -0.3 is 14.4 Å². The van der Waals surface area contributed by atoms with E-state index in [0.717, 1.165) is 43.1 Å². The lowest BCUT2D eigenvalue weighted by Crippen LogP contribution is -2.50. The van der Waals surface area contributed by atoms with Gasteiger partial charge in [0.15, 0.2) is 5.79 Å². The second-order valence-electron chi connectivity index (χ2n) is 11.9. The van der Waals surface area contributed by atoms with Crippen LogP contribution in [0.2, 0.25) is 0 Å². The minimum atomic E-state index is -0.601. The average molecular weight is 481 g/mol. The van der Waals surface area contributed by atoms with Crippen LogP contribution >= 0.6 is 0 Å². The number of piperidine rings is 1. The monoisotopic (exact) mass is 480 g/mol. The molecule has 3 aromatic carbocycles. The normalized spacial score (nSPS) is 21.3. The number of fused-ring (bicyclic) bond motifs is 2. The van der Waals surface area contributed by atoms with Gasteiger partial charge in [-0.15, -0.1) is 0 Å². The lowest BCUT2D eigenvalue weighted by molar-refractivity contribution is -0.302. The van der Waals surface area contributed by atoms with E-state index in [1.807, 2.05) is 0 Å². The molecule has 3 aromatic rings. The zero-order valence-electron chi connectivity index (χ0n) is 21.8. The van der Waals surface area contributed by atoms with E-state index in [1.54, 1.807) is 0 Å². The first-order valence-electron chi connectivity index (χ1n) is 13.5. The van der Waals surface area contributed by atoms with Gasteiger partial charge in [-0.25, -0.2) is 0 Å². The number of rotatable bonds is 2. The molecule has 186 valence electrons. The molecule has 2 saturated heterocycles. The van der Waals surface area contributed by atoms with Crippen molar-refractivity contribution in [3.63, 3.8) is 0 Å². The Bertz CT molecular complexity index is 1330. The van der Waals surface area contributed by atoms with Gasteiger partial charge in [0.1, 0.15) is 6.07 Å². The van der Waals surface area contributed by atoms with Crippen molar-refractivity contribution in [3.8, 4) is 17.2 Å². The summed E-state index contributed by atoms with van der Waals surface area (Å²) in [5.41, 5.74) is 6.86. The van der Waals surface area contributed by atoms with Crippen LogP contribution in [0, 0.1) is 22.7 Å².